The number of hydrogen-bond acceptors (Lipinski definition) is 4. The Kier molecular flexibility index (Phi) is 4.17. The van der Waals surface area contributed by atoms with Crippen LogP contribution in [-0.4, -0.2) is 30.3 Å². The Morgan fingerprint density at radius 2 is 1.86 bits per heavy atom. The average Bonchev–Trinajstić information content (AvgIpc) is 2.96. The summed E-state index contributed by atoms with van der Waals surface area (Å²) >= 11 is 0. The lowest BCUT2D eigenvalue weighted by Gasteiger charge is -2.39. The molecule has 0 radical (unpaired) electrons. The van der Waals surface area contributed by atoms with Crippen molar-refractivity contribution in [1.29, 1.82) is 0 Å². The SMILES string of the molecule is CC(C)(C)[C@@H]1CC2=C(Cc3cc(S(C)(=O)=O)ccc32)c2cc(=O)c(C(=O)O)cn21. The van der Waals surface area contributed by atoms with Gasteiger partial charge in [0.05, 0.1) is 4.90 Å². The summed E-state index contributed by atoms with van der Waals surface area (Å²) in [5, 5.41) is 9.41. The van der Waals surface area contributed by atoms with Gasteiger partial charge in [0.25, 0.3) is 0 Å². The van der Waals surface area contributed by atoms with Crippen LogP contribution in [0.5, 0.6) is 0 Å². The van der Waals surface area contributed by atoms with E-state index in [4.69, 9.17) is 0 Å². The molecule has 1 aromatic heterocycles. The molecule has 2 aromatic rings. The van der Waals surface area contributed by atoms with E-state index in [1.54, 1.807) is 12.1 Å². The lowest BCUT2D eigenvalue weighted by molar-refractivity contribution is 0.0693. The number of sulfone groups is 1. The largest absolute Gasteiger partial charge is 0.477 e. The first-order valence-corrected chi connectivity index (χ1v) is 11.3. The minimum absolute atomic E-state index is 0.0320. The predicted octanol–water partition coefficient (Wildman–Crippen LogP) is 3.41. The molecule has 0 unspecified atom stereocenters. The average molecular weight is 413 g/mol. The number of carbonyl (C=O) groups is 1. The van der Waals surface area contributed by atoms with Crippen LogP contribution in [0.25, 0.3) is 11.1 Å². The van der Waals surface area contributed by atoms with E-state index in [2.05, 4.69) is 20.8 Å². The van der Waals surface area contributed by atoms with Gasteiger partial charge in [-0.05, 0) is 46.2 Å². The Bertz CT molecular complexity index is 1260. The molecule has 0 bridgehead atoms. The highest BCUT2D eigenvalue weighted by molar-refractivity contribution is 7.90. The molecule has 2 heterocycles. The second-order valence-electron chi connectivity index (χ2n) is 8.96. The summed E-state index contributed by atoms with van der Waals surface area (Å²) in [7, 11) is -3.31. The summed E-state index contributed by atoms with van der Waals surface area (Å²) in [5.41, 5.74) is 3.82. The third kappa shape index (κ3) is 3.13. The van der Waals surface area contributed by atoms with Crippen molar-refractivity contribution in [2.75, 3.05) is 6.26 Å². The number of hydrogen-bond donors (Lipinski definition) is 1. The standard InChI is InChI=1S/C22H23NO5S/c1-22(2,3)20-9-15-14-6-5-13(29(4,27)28)7-12(14)8-16(15)18-10-19(24)17(21(25)26)11-23(18)20/h5-7,10-11,20H,8-9H2,1-4H3,(H,25,26)/t20-/m0/s1. The van der Waals surface area contributed by atoms with Crippen LogP contribution < -0.4 is 5.43 Å². The first-order chi connectivity index (χ1) is 13.4. The maximum Gasteiger partial charge on any atom is 0.341 e. The number of pyridine rings is 1. The summed E-state index contributed by atoms with van der Waals surface area (Å²) in [6.07, 6.45) is 3.87. The van der Waals surface area contributed by atoms with Crippen molar-refractivity contribution in [2.24, 2.45) is 5.41 Å². The number of aromatic nitrogens is 1. The van der Waals surface area contributed by atoms with Gasteiger partial charge in [0.1, 0.15) is 5.56 Å². The van der Waals surface area contributed by atoms with Crippen molar-refractivity contribution in [1.82, 2.24) is 4.57 Å². The molecule has 0 amide bonds. The molecule has 2 aliphatic rings. The molecular weight excluding hydrogens is 390 g/mol. The lowest BCUT2D eigenvalue weighted by Crippen LogP contribution is -2.32. The molecular formula is C22H23NO5S. The third-order valence-electron chi connectivity index (χ3n) is 5.91. The number of carboxylic acids is 1. The van der Waals surface area contributed by atoms with Gasteiger partial charge in [-0.3, -0.25) is 4.79 Å². The predicted molar refractivity (Wildman–Crippen MR) is 111 cm³/mol. The van der Waals surface area contributed by atoms with Crippen molar-refractivity contribution in [3.63, 3.8) is 0 Å². The quantitative estimate of drug-likeness (QED) is 0.814. The molecule has 4 rings (SSSR count). The molecule has 6 nitrogen and oxygen atoms in total. The van der Waals surface area contributed by atoms with E-state index >= 15 is 0 Å². The van der Waals surface area contributed by atoms with E-state index in [1.807, 2.05) is 10.6 Å². The van der Waals surface area contributed by atoms with Crippen LogP contribution in [-0.2, 0) is 16.3 Å². The van der Waals surface area contributed by atoms with E-state index in [0.29, 0.717) is 12.8 Å². The van der Waals surface area contributed by atoms with Crippen molar-refractivity contribution >= 4 is 27.0 Å². The van der Waals surface area contributed by atoms with Gasteiger partial charge in [0, 0.05) is 36.7 Å². The molecule has 1 aromatic carbocycles. The molecule has 0 fully saturated rings. The number of rotatable bonds is 2. The second-order valence-corrected chi connectivity index (χ2v) is 11.0. The molecule has 1 aliphatic heterocycles. The Hall–Kier alpha value is -2.67. The second kappa shape index (κ2) is 6.16. The van der Waals surface area contributed by atoms with Crippen molar-refractivity contribution in [3.05, 3.63) is 63.1 Å². The van der Waals surface area contributed by atoms with Gasteiger partial charge in [-0.25, -0.2) is 13.2 Å². The number of benzene rings is 1. The molecule has 152 valence electrons. The highest BCUT2D eigenvalue weighted by atomic mass is 32.2. The molecule has 7 heteroatoms. The summed E-state index contributed by atoms with van der Waals surface area (Å²) in [6.45, 7) is 6.27. The molecule has 1 atom stereocenters. The smallest absolute Gasteiger partial charge is 0.341 e. The molecule has 0 saturated heterocycles. The van der Waals surface area contributed by atoms with Crippen molar-refractivity contribution < 1.29 is 18.3 Å². The number of nitrogens with zero attached hydrogens (tertiary/aromatic N) is 1. The van der Waals surface area contributed by atoms with Crippen LogP contribution >= 0.6 is 0 Å². The van der Waals surface area contributed by atoms with E-state index in [1.165, 1.54) is 18.5 Å². The van der Waals surface area contributed by atoms with E-state index in [9.17, 15) is 23.1 Å². The van der Waals surface area contributed by atoms with E-state index in [0.717, 1.165) is 28.0 Å². The molecule has 1 aliphatic carbocycles. The number of allylic oxidation sites excluding steroid dienone is 2. The molecule has 0 spiro atoms. The Labute approximate surface area is 169 Å². The highest BCUT2D eigenvalue weighted by Crippen LogP contribution is 2.50. The summed E-state index contributed by atoms with van der Waals surface area (Å²) in [5.74, 6) is -1.23. The Morgan fingerprint density at radius 1 is 1.17 bits per heavy atom. The third-order valence-corrected chi connectivity index (χ3v) is 7.02. The Morgan fingerprint density at radius 3 is 2.45 bits per heavy atom. The summed E-state index contributed by atoms with van der Waals surface area (Å²) in [4.78, 5) is 24.2. The fourth-order valence-corrected chi connectivity index (χ4v) is 5.08. The van der Waals surface area contributed by atoms with Crippen LogP contribution in [0.15, 0.2) is 40.2 Å². The van der Waals surface area contributed by atoms with Crippen LogP contribution in [0.3, 0.4) is 0 Å². The van der Waals surface area contributed by atoms with Gasteiger partial charge in [-0.1, -0.05) is 26.8 Å². The van der Waals surface area contributed by atoms with Crippen molar-refractivity contribution in [2.45, 2.75) is 44.6 Å². The minimum atomic E-state index is -3.31. The van der Waals surface area contributed by atoms with Gasteiger partial charge < -0.3 is 9.67 Å². The fourth-order valence-electron chi connectivity index (χ4n) is 4.40. The first kappa shape index (κ1) is 19.6. The van der Waals surface area contributed by atoms with Crippen molar-refractivity contribution in [3.8, 4) is 0 Å². The topological polar surface area (TPSA) is 93.4 Å². The maximum absolute atomic E-state index is 12.4. The molecule has 29 heavy (non-hydrogen) atoms. The van der Waals surface area contributed by atoms with Gasteiger partial charge >= 0.3 is 5.97 Å². The minimum Gasteiger partial charge on any atom is -0.477 e. The van der Waals surface area contributed by atoms with Gasteiger partial charge in [0.2, 0.25) is 0 Å². The lowest BCUT2D eigenvalue weighted by atomic mass is 9.78. The van der Waals surface area contributed by atoms with Crippen LogP contribution in [0.1, 0.15) is 60.4 Å². The first-order valence-electron chi connectivity index (χ1n) is 9.43. The number of aromatic carboxylic acids is 1. The van der Waals surface area contributed by atoms with Crippen LogP contribution in [0.2, 0.25) is 0 Å². The van der Waals surface area contributed by atoms with E-state index < -0.39 is 21.2 Å². The summed E-state index contributed by atoms with van der Waals surface area (Å²) < 4.78 is 25.8. The number of carboxylic acid groups (broad SMARTS) is 1. The fraction of sp³-hybridized carbons (Fsp3) is 0.364. The van der Waals surface area contributed by atoms with Gasteiger partial charge in [-0.15, -0.1) is 0 Å². The highest BCUT2D eigenvalue weighted by Gasteiger charge is 2.37. The zero-order valence-electron chi connectivity index (χ0n) is 16.8. The summed E-state index contributed by atoms with van der Waals surface area (Å²) in [6, 6.07) is 6.58. The van der Waals surface area contributed by atoms with Crippen LogP contribution in [0, 0.1) is 5.41 Å². The normalized spacial score (nSPS) is 18.3. The van der Waals surface area contributed by atoms with Gasteiger partial charge in [-0.2, -0.15) is 0 Å². The van der Waals surface area contributed by atoms with Crippen LogP contribution in [0.4, 0.5) is 0 Å². The Balaban J connectivity index is 1.94. The molecule has 1 N–H and O–H groups in total. The van der Waals surface area contributed by atoms with Gasteiger partial charge in [0.15, 0.2) is 15.3 Å². The van der Waals surface area contributed by atoms with E-state index in [-0.39, 0.29) is 21.9 Å². The number of fused-ring (bicyclic) bond motifs is 4. The zero-order valence-corrected chi connectivity index (χ0v) is 17.6. The zero-order chi connectivity index (χ0) is 21.3. The maximum atomic E-state index is 12.4. The monoisotopic (exact) mass is 413 g/mol. The molecule has 0 saturated carbocycles.